The number of benzene rings is 1. The lowest BCUT2D eigenvalue weighted by molar-refractivity contribution is 0.0904. The van der Waals surface area contributed by atoms with Gasteiger partial charge in [0.1, 0.15) is 0 Å². The van der Waals surface area contributed by atoms with Crippen molar-refractivity contribution < 1.29 is 4.79 Å². The Hall–Kier alpha value is -2.51. The van der Waals surface area contributed by atoms with Crippen molar-refractivity contribution in [2.24, 2.45) is 0 Å². The van der Waals surface area contributed by atoms with Gasteiger partial charge in [-0.25, -0.2) is 4.98 Å². The van der Waals surface area contributed by atoms with Crippen molar-refractivity contribution in [3.8, 4) is 10.6 Å². The molecule has 0 bridgehead atoms. The monoisotopic (exact) mass is 395 g/mol. The molecule has 1 aromatic carbocycles. The van der Waals surface area contributed by atoms with Gasteiger partial charge in [0.25, 0.3) is 5.91 Å². The first-order valence-corrected chi connectivity index (χ1v) is 10.5. The van der Waals surface area contributed by atoms with Gasteiger partial charge in [-0.15, -0.1) is 11.3 Å². The lowest BCUT2D eigenvalue weighted by Gasteiger charge is -2.32. The van der Waals surface area contributed by atoms with E-state index in [9.17, 15) is 4.79 Å². The van der Waals surface area contributed by atoms with Gasteiger partial charge in [0.15, 0.2) is 5.69 Å². The van der Waals surface area contributed by atoms with Gasteiger partial charge in [0.05, 0.1) is 21.3 Å². The van der Waals surface area contributed by atoms with Crippen molar-refractivity contribution in [1.29, 1.82) is 0 Å². The van der Waals surface area contributed by atoms with Crippen LogP contribution in [0.1, 0.15) is 39.6 Å². The van der Waals surface area contributed by atoms with Crippen LogP contribution in [-0.4, -0.2) is 45.1 Å². The Bertz CT molecular complexity index is 941. The lowest BCUT2D eigenvalue weighted by atomic mass is 10.0. The Morgan fingerprint density at radius 3 is 2.68 bits per heavy atom. The molecule has 0 saturated carbocycles. The number of hydrogen-bond donors (Lipinski definition) is 2. The average Bonchev–Trinajstić information content (AvgIpc) is 3.30. The van der Waals surface area contributed by atoms with Crippen molar-refractivity contribution in [1.82, 2.24) is 25.4 Å². The molecule has 1 fully saturated rings. The molecule has 3 aromatic rings. The summed E-state index contributed by atoms with van der Waals surface area (Å²) in [5.74, 6) is -0.108. The molecule has 2 aromatic heterocycles. The van der Waals surface area contributed by atoms with E-state index in [1.54, 1.807) is 11.3 Å². The van der Waals surface area contributed by atoms with Crippen LogP contribution in [0.4, 0.5) is 0 Å². The maximum absolute atomic E-state index is 12.6. The summed E-state index contributed by atoms with van der Waals surface area (Å²) in [6, 6.07) is 12.5. The highest BCUT2D eigenvalue weighted by molar-refractivity contribution is 7.15. The number of hydrogen-bond acceptors (Lipinski definition) is 5. The zero-order valence-corrected chi connectivity index (χ0v) is 17.1. The topological polar surface area (TPSA) is 73.9 Å². The maximum atomic E-state index is 12.6. The number of likely N-dealkylation sites (tertiary alicyclic amines) is 1. The Morgan fingerprint density at radius 2 is 2.00 bits per heavy atom. The number of aromatic amines is 1. The molecule has 0 spiro atoms. The van der Waals surface area contributed by atoms with Crippen LogP contribution in [0, 0.1) is 13.8 Å². The molecular weight excluding hydrogens is 370 g/mol. The van der Waals surface area contributed by atoms with Crippen molar-refractivity contribution in [2.45, 2.75) is 39.3 Å². The van der Waals surface area contributed by atoms with Gasteiger partial charge in [-0.1, -0.05) is 30.3 Å². The zero-order valence-electron chi connectivity index (χ0n) is 16.2. The number of aryl methyl sites for hydroxylation is 2. The van der Waals surface area contributed by atoms with Crippen molar-refractivity contribution in [2.75, 3.05) is 13.1 Å². The van der Waals surface area contributed by atoms with E-state index < -0.39 is 0 Å². The molecule has 146 valence electrons. The van der Waals surface area contributed by atoms with Crippen LogP contribution in [0.2, 0.25) is 0 Å². The number of thiazole rings is 1. The van der Waals surface area contributed by atoms with Crippen molar-refractivity contribution in [3.05, 3.63) is 58.4 Å². The molecule has 1 amide bonds. The Kier molecular flexibility index (Phi) is 5.54. The molecule has 0 radical (unpaired) electrons. The van der Waals surface area contributed by atoms with Crippen LogP contribution in [0.5, 0.6) is 0 Å². The number of carbonyl (C=O) groups is 1. The SMILES string of the molecule is Cc1nc(C)c(-c2cc(C(=O)NC3CCN(Cc4ccccc4)CC3)n[nH]2)s1. The molecule has 7 heteroatoms. The second-order valence-corrected chi connectivity index (χ2v) is 8.53. The summed E-state index contributed by atoms with van der Waals surface area (Å²) in [5, 5.41) is 11.3. The molecule has 2 N–H and O–H groups in total. The fraction of sp³-hybridized carbons (Fsp3) is 0.381. The van der Waals surface area contributed by atoms with Crippen LogP contribution in [0.15, 0.2) is 36.4 Å². The van der Waals surface area contributed by atoms with E-state index in [1.807, 2.05) is 26.0 Å². The third-order valence-electron chi connectivity index (χ3n) is 5.13. The molecule has 1 aliphatic rings. The van der Waals surface area contributed by atoms with Crippen LogP contribution in [0.3, 0.4) is 0 Å². The second kappa shape index (κ2) is 8.24. The summed E-state index contributed by atoms with van der Waals surface area (Å²) in [6.07, 6.45) is 1.92. The largest absolute Gasteiger partial charge is 0.348 e. The predicted octanol–water partition coefficient (Wildman–Crippen LogP) is 3.54. The minimum absolute atomic E-state index is 0.108. The first-order chi connectivity index (χ1) is 13.6. The van der Waals surface area contributed by atoms with Crippen LogP contribution < -0.4 is 5.32 Å². The number of amides is 1. The molecule has 0 atom stereocenters. The minimum Gasteiger partial charge on any atom is -0.348 e. The van der Waals surface area contributed by atoms with Crippen molar-refractivity contribution >= 4 is 17.2 Å². The Labute approximate surface area is 169 Å². The molecule has 0 aliphatic carbocycles. The van der Waals surface area contributed by atoms with Crippen LogP contribution in [-0.2, 0) is 6.54 Å². The highest BCUT2D eigenvalue weighted by atomic mass is 32.1. The van der Waals surface area contributed by atoms with Gasteiger partial charge < -0.3 is 5.32 Å². The number of rotatable bonds is 5. The standard InChI is InChI=1S/C21H25N5OS/c1-14-20(28-15(2)22-14)18-12-19(25-24-18)21(27)23-17-8-10-26(11-9-17)13-16-6-4-3-5-7-16/h3-7,12,17H,8-11,13H2,1-2H3,(H,23,27)(H,24,25). The summed E-state index contributed by atoms with van der Waals surface area (Å²) in [6.45, 7) is 6.91. The maximum Gasteiger partial charge on any atom is 0.272 e. The number of nitrogens with one attached hydrogen (secondary N) is 2. The highest BCUT2D eigenvalue weighted by Gasteiger charge is 2.22. The first-order valence-electron chi connectivity index (χ1n) is 9.65. The van der Waals surface area contributed by atoms with Gasteiger partial charge in [-0.3, -0.25) is 14.8 Å². The number of aromatic nitrogens is 3. The number of H-pyrrole nitrogens is 1. The average molecular weight is 396 g/mol. The number of nitrogens with zero attached hydrogens (tertiary/aromatic N) is 3. The molecule has 6 nitrogen and oxygen atoms in total. The van der Waals surface area contributed by atoms with Crippen LogP contribution >= 0.6 is 11.3 Å². The fourth-order valence-electron chi connectivity index (χ4n) is 3.67. The van der Waals surface area contributed by atoms with Gasteiger partial charge >= 0.3 is 0 Å². The summed E-state index contributed by atoms with van der Waals surface area (Å²) >= 11 is 1.61. The van der Waals surface area contributed by atoms with Gasteiger partial charge in [0.2, 0.25) is 0 Å². The molecule has 4 rings (SSSR count). The van der Waals surface area contributed by atoms with Gasteiger partial charge in [-0.2, -0.15) is 5.10 Å². The van der Waals surface area contributed by atoms with Gasteiger partial charge in [-0.05, 0) is 38.3 Å². The summed E-state index contributed by atoms with van der Waals surface area (Å²) < 4.78 is 0. The van der Waals surface area contributed by atoms with E-state index in [1.165, 1.54) is 5.56 Å². The Balaban J connectivity index is 1.31. The third-order valence-corrected chi connectivity index (χ3v) is 6.24. The van der Waals surface area contributed by atoms with E-state index >= 15 is 0 Å². The molecule has 3 heterocycles. The van der Waals surface area contributed by atoms with E-state index in [0.717, 1.165) is 53.7 Å². The minimum atomic E-state index is -0.108. The summed E-state index contributed by atoms with van der Waals surface area (Å²) in [7, 11) is 0. The van der Waals surface area contributed by atoms with Crippen molar-refractivity contribution in [3.63, 3.8) is 0 Å². The third kappa shape index (κ3) is 4.31. The lowest BCUT2D eigenvalue weighted by Crippen LogP contribution is -2.44. The number of piperidine rings is 1. The summed E-state index contributed by atoms with van der Waals surface area (Å²) in [5.41, 5.74) is 3.59. The molecular formula is C21H25N5OS. The fourth-order valence-corrected chi connectivity index (χ4v) is 4.56. The van der Waals surface area contributed by atoms with E-state index in [4.69, 9.17) is 0 Å². The zero-order chi connectivity index (χ0) is 19.5. The first kappa shape index (κ1) is 18.8. The summed E-state index contributed by atoms with van der Waals surface area (Å²) in [4.78, 5) is 20.5. The molecule has 1 aliphatic heterocycles. The quantitative estimate of drug-likeness (QED) is 0.693. The predicted molar refractivity (Wildman–Crippen MR) is 111 cm³/mol. The Morgan fingerprint density at radius 1 is 1.25 bits per heavy atom. The van der Waals surface area contributed by atoms with E-state index in [-0.39, 0.29) is 11.9 Å². The normalized spacial score (nSPS) is 15.6. The second-order valence-electron chi connectivity index (χ2n) is 7.32. The molecule has 0 unspecified atom stereocenters. The smallest absolute Gasteiger partial charge is 0.272 e. The van der Waals surface area contributed by atoms with E-state index in [2.05, 4.69) is 49.7 Å². The highest BCUT2D eigenvalue weighted by Crippen LogP contribution is 2.28. The van der Waals surface area contributed by atoms with Crippen LogP contribution in [0.25, 0.3) is 10.6 Å². The van der Waals surface area contributed by atoms with E-state index in [0.29, 0.717) is 5.69 Å². The number of carbonyl (C=O) groups excluding carboxylic acids is 1. The van der Waals surface area contributed by atoms with Gasteiger partial charge in [0, 0.05) is 25.7 Å². The molecule has 1 saturated heterocycles. The molecule has 28 heavy (non-hydrogen) atoms.